The SMILES string of the molecule is O=C1CC(CS)CN1CCc1ccc2occc2c1. The first-order valence-corrected chi connectivity index (χ1v) is 7.24. The van der Waals surface area contributed by atoms with Gasteiger partial charge in [0, 0.05) is 24.9 Å². The number of hydrogen-bond donors (Lipinski definition) is 1. The molecule has 3 nitrogen and oxygen atoms in total. The molecule has 1 saturated heterocycles. The van der Waals surface area contributed by atoms with Gasteiger partial charge in [0.25, 0.3) is 0 Å². The molecule has 1 aliphatic heterocycles. The number of furan rings is 1. The first-order chi connectivity index (χ1) is 9.26. The monoisotopic (exact) mass is 275 g/mol. The summed E-state index contributed by atoms with van der Waals surface area (Å²) >= 11 is 4.28. The van der Waals surface area contributed by atoms with Crippen LogP contribution in [0.15, 0.2) is 34.9 Å². The van der Waals surface area contributed by atoms with Crippen molar-refractivity contribution in [2.45, 2.75) is 12.8 Å². The summed E-state index contributed by atoms with van der Waals surface area (Å²) in [6, 6.07) is 8.17. The summed E-state index contributed by atoms with van der Waals surface area (Å²) in [5, 5.41) is 1.12. The van der Waals surface area contributed by atoms with Crippen molar-refractivity contribution in [1.82, 2.24) is 4.90 Å². The number of hydrogen-bond acceptors (Lipinski definition) is 3. The number of carbonyl (C=O) groups is 1. The zero-order chi connectivity index (χ0) is 13.2. The van der Waals surface area contributed by atoms with Gasteiger partial charge in [0.05, 0.1) is 6.26 Å². The van der Waals surface area contributed by atoms with E-state index in [1.54, 1.807) is 6.26 Å². The normalized spacial score (nSPS) is 19.5. The molecule has 0 saturated carbocycles. The maximum Gasteiger partial charge on any atom is 0.222 e. The molecule has 0 spiro atoms. The second kappa shape index (κ2) is 5.29. The van der Waals surface area contributed by atoms with E-state index in [4.69, 9.17) is 4.42 Å². The molecule has 0 N–H and O–H groups in total. The lowest BCUT2D eigenvalue weighted by molar-refractivity contribution is -0.127. The van der Waals surface area contributed by atoms with E-state index in [2.05, 4.69) is 24.8 Å². The molecular weight excluding hydrogens is 258 g/mol. The van der Waals surface area contributed by atoms with Crippen molar-refractivity contribution in [3.05, 3.63) is 36.1 Å². The highest BCUT2D eigenvalue weighted by Gasteiger charge is 2.27. The van der Waals surface area contributed by atoms with Crippen LogP contribution in [-0.2, 0) is 11.2 Å². The van der Waals surface area contributed by atoms with Crippen molar-refractivity contribution in [1.29, 1.82) is 0 Å². The predicted octanol–water partition coefficient (Wildman–Crippen LogP) is 2.75. The van der Waals surface area contributed by atoms with Crippen LogP contribution in [0.1, 0.15) is 12.0 Å². The van der Waals surface area contributed by atoms with Crippen LogP contribution < -0.4 is 0 Å². The Morgan fingerprint density at radius 3 is 3.05 bits per heavy atom. The topological polar surface area (TPSA) is 33.5 Å². The second-order valence-corrected chi connectivity index (χ2v) is 5.50. The fraction of sp³-hybridized carbons (Fsp3) is 0.400. The van der Waals surface area contributed by atoms with Crippen LogP contribution in [0.4, 0.5) is 0 Å². The molecule has 1 aliphatic rings. The van der Waals surface area contributed by atoms with Gasteiger partial charge in [-0.05, 0) is 41.9 Å². The summed E-state index contributed by atoms with van der Waals surface area (Å²) in [5.41, 5.74) is 2.16. The number of nitrogens with zero attached hydrogens (tertiary/aromatic N) is 1. The van der Waals surface area contributed by atoms with Crippen LogP contribution in [0.25, 0.3) is 11.0 Å². The highest BCUT2D eigenvalue weighted by atomic mass is 32.1. The number of likely N-dealkylation sites (tertiary alicyclic amines) is 1. The molecule has 2 aromatic rings. The standard InChI is InChI=1S/C15H17NO2S/c17-15-8-12(10-19)9-16(15)5-3-11-1-2-14-13(7-11)4-6-18-14/h1-2,4,6-7,12,19H,3,5,8-10H2. The number of rotatable bonds is 4. The van der Waals surface area contributed by atoms with Crippen molar-refractivity contribution in [3.63, 3.8) is 0 Å². The smallest absolute Gasteiger partial charge is 0.222 e. The van der Waals surface area contributed by atoms with Gasteiger partial charge in [0.1, 0.15) is 5.58 Å². The first kappa shape index (κ1) is 12.6. The lowest BCUT2D eigenvalue weighted by Gasteiger charge is -2.16. The molecule has 4 heteroatoms. The molecular formula is C15H17NO2S. The van der Waals surface area contributed by atoms with E-state index in [1.165, 1.54) is 5.56 Å². The minimum Gasteiger partial charge on any atom is -0.464 e. The Balaban J connectivity index is 1.64. The molecule has 1 atom stereocenters. The quantitative estimate of drug-likeness (QED) is 0.870. The van der Waals surface area contributed by atoms with Gasteiger partial charge >= 0.3 is 0 Å². The summed E-state index contributed by atoms with van der Waals surface area (Å²) in [7, 11) is 0. The molecule has 1 unspecified atom stereocenters. The lowest BCUT2D eigenvalue weighted by Crippen LogP contribution is -2.27. The van der Waals surface area contributed by atoms with E-state index in [0.717, 1.165) is 36.2 Å². The third-order valence-corrected chi connectivity index (χ3v) is 4.26. The minimum atomic E-state index is 0.267. The molecule has 3 rings (SSSR count). The van der Waals surface area contributed by atoms with Gasteiger partial charge in [0.15, 0.2) is 0 Å². The third-order valence-electron chi connectivity index (χ3n) is 3.74. The zero-order valence-electron chi connectivity index (χ0n) is 10.7. The average molecular weight is 275 g/mol. The van der Waals surface area contributed by atoms with Crippen molar-refractivity contribution >= 4 is 29.5 Å². The molecule has 1 aromatic heterocycles. The number of thiol groups is 1. The van der Waals surface area contributed by atoms with E-state index in [-0.39, 0.29) is 5.91 Å². The van der Waals surface area contributed by atoms with E-state index in [0.29, 0.717) is 12.3 Å². The Morgan fingerprint density at radius 2 is 2.26 bits per heavy atom. The zero-order valence-corrected chi connectivity index (χ0v) is 11.6. The highest BCUT2D eigenvalue weighted by Crippen LogP contribution is 2.21. The van der Waals surface area contributed by atoms with Gasteiger partial charge < -0.3 is 9.32 Å². The minimum absolute atomic E-state index is 0.267. The molecule has 1 fully saturated rings. The molecule has 1 amide bonds. The van der Waals surface area contributed by atoms with Gasteiger partial charge in [-0.2, -0.15) is 12.6 Å². The molecule has 0 aliphatic carbocycles. The van der Waals surface area contributed by atoms with Gasteiger partial charge in [-0.1, -0.05) is 6.07 Å². The second-order valence-electron chi connectivity index (χ2n) is 5.14. The predicted molar refractivity (Wildman–Crippen MR) is 78.5 cm³/mol. The van der Waals surface area contributed by atoms with Crippen LogP contribution in [0.5, 0.6) is 0 Å². The van der Waals surface area contributed by atoms with Crippen molar-refractivity contribution < 1.29 is 9.21 Å². The number of carbonyl (C=O) groups excluding carboxylic acids is 1. The van der Waals surface area contributed by atoms with Gasteiger partial charge in [-0.25, -0.2) is 0 Å². The highest BCUT2D eigenvalue weighted by molar-refractivity contribution is 7.80. The molecule has 0 bridgehead atoms. The molecule has 19 heavy (non-hydrogen) atoms. The maximum atomic E-state index is 11.8. The molecule has 0 radical (unpaired) electrons. The van der Waals surface area contributed by atoms with Crippen LogP contribution in [0.2, 0.25) is 0 Å². The fourth-order valence-electron chi connectivity index (χ4n) is 2.63. The Kier molecular flexibility index (Phi) is 3.51. The largest absolute Gasteiger partial charge is 0.464 e. The Labute approximate surface area is 118 Å². The van der Waals surface area contributed by atoms with Gasteiger partial charge in [-0.3, -0.25) is 4.79 Å². The third kappa shape index (κ3) is 2.63. The van der Waals surface area contributed by atoms with E-state index < -0.39 is 0 Å². The van der Waals surface area contributed by atoms with E-state index in [1.807, 2.05) is 17.0 Å². The number of fused-ring (bicyclic) bond motifs is 1. The Hall–Kier alpha value is -1.42. The van der Waals surface area contributed by atoms with Crippen LogP contribution in [0, 0.1) is 5.92 Å². The van der Waals surface area contributed by atoms with Crippen molar-refractivity contribution in [2.75, 3.05) is 18.8 Å². The molecule has 100 valence electrons. The van der Waals surface area contributed by atoms with Crippen molar-refractivity contribution in [3.8, 4) is 0 Å². The molecule has 2 heterocycles. The Bertz CT molecular complexity index is 593. The summed E-state index contributed by atoms with van der Waals surface area (Å²) in [6.07, 6.45) is 3.26. The van der Waals surface area contributed by atoms with E-state index >= 15 is 0 Å². The maximum absolute atomic E-state index is 11.8. The number of benzene rings is 1. The summed E-state index contributed by atoms with van der Waals surface area (Å²) in [6.45, 7) is 1.66. The molecule has 1 aromatic carbocycles. The average Bonchev–Trinajstić information content (AvgIpc) is 3.02. The fourth-order valence-corrected chi connectivity index (χ4v) is 2.87. The van der Waals surface area contributed by atoms with Crippen LogP contribution >= 0.6 is 12.6 Å². The van der Waals surface area contributed by atoms with Gasteiger partial charge in [0.2, 0.25) is 5.91 Å². The summed E-state index contributed by atoms with van der Waals surface area (Å²) < 4.78 is 5.32. The van der Waals surface area contributed by atoms with Crippen LogP contribution in [0.3, 0.4) is 0 Å². The summed E-state index contributed by atoms with van der Waals surface area (Å²) in [4.78, 5) is 13.8. The van der Waals surface area contributed by atoms with Crippen molar-refractivity contribution in [2.24, 2.45) is 5.92 Å². The van der Waals surface area contributed by atoms with Gasteiger partial charge in [-0.15, -0.1) is 0 Å². The van der Waals surface area contributed by atoms with E-state index in [9.17, 15) is 4.79 Å². The first-order valence-electron chi connectivity index (χ1n) is 6.61. The number of amides is 1. The Morgan fingerprint density at radius 1 is 1.37 bits per heavy atom. The lowest BCUT2D eigenvalue weighted by atomic mass is 10.1. The summed E-state index contributed by atoms with van der Waals surface area (Å²) in [5.74, 6) is 1.49. The van der Waals surface area contributed by atoms with Crippen LogP contribution in [-0.4, -0.2) is 29.6 Å².